The molecule has 0 bridgehead atoms. The van der Waals surface area contributed by atoms with Gasteiger partial charge in [-0.25, -0.2) is 0 Å². The molecule has 21 heavy (non-hydrogen) atoms. The lowest BCUT2D eigenvalue weighted by atomic mass is 9.99. The SMILES string of the molecule is FC(F)(F)CC[C@H](c1ccc(Cl)c(Br)c1)N1CCNCC1. The molecule has 7 heteroatoms. The van der Waals surface area contributed by atoms with Crippen molar-refractivity contribution in [2.45, 2.75) is 25.1 Å². The largest absolute Gasteiger partial charge is 0.389 e. The van der Waals surface area contributed by atoms with Crippen LogP contribution < -0.4 is 5.32 Å². The zero-order chi connectivity index (χ0) is 15.5. The highest BCUT2D eigenvalue weighted by atomic mass is 79.9. The summed E-state index contributed by atoms with van der Waals surface area (Å²) in [5.74, 6) is 0. The van der Waals surface area contributed by atoms with Crippen LogP contribution in [0.2, 0.25) is 5.02 Å². The minimum atomic E-state index is -4.13. The molecule has 0 radical (unpaired) electrons. The van der Waals surface area contributed by atoms with Crippen molar-refractivity contribution >= 4 is 27.5 Å². The monoisotopic (exact) mass is 384 g/mol. The minimum absolute atomic E-state index is 0.0670. The van der Waals surface area contributed by atoms with Crippen LogP contribution >= 0.6 is 27.5 Å². The van der Waals surface area contributed by atoms with Gasteiger partial charge < -0.3 is 5.32 Å². The first-order valence-electron chi connectivity index (χ1n) is 6.83. The maximum absolute atomic E-state index is 12.6. The van der Waals surface area contributed by atoms with Crippen molar-refractivity contribution in [3.63, 3.8) is 0 Å². The summed E-state index contributed by atoms with van der Waals surface area (Å²) < 4.78 is 38.5. The minimum Gasteiger partial charge on any atom is -0.314 e. The van der Waals surface area contributed by atoms with E-state index in [1.165, 1.54) is 0 Å². The maximum Gasteiger partial charge on any atom is 0.389 e. The standard InChI is InChI=1S/C14H17BrClF3N2/c15-11-9-10(1-2-12(11)16)13(3-4-14(17,18)19)21-7-5-20-6-8-21/h1-2,9,13,20H,3-8H2/t13-/m1/s1. The lowest BCUT2D eigenvalue weighted by Crippen LogP contribution is -2.45. The highest BCUT2D eigenvalue weighted by Gasteiger charge is 2.31. The van der Waals surface area contributed by atoms with E-state index < -0.39 is 12.6 Å². The van der Waals surface area contributed by atoms with Crippen molar-refractivity contribution in [2.75, 3.05) is 26.2 Å². The lowest BCUT2D eigenvalue weighted by molar-refractivity contribution is -0.138. The summed E-state index contributed by atoms with van der Waals surface area (Å²) >= 11 is 9.31. The molecule has 1 heterocycles. The molecule has 1 N–H and O–H groups in total. The molecule has 0 saturated carbocycles. The number of halogens is 5. The van der Waals surface area contributed by atoms with E-state index in [0.717, 1.165) is 31.7 Å². The smallest absolute Gasteiger partial charge is 0.314 e. The molecule has 0 amide bonds. The Balaban J connectivity index is 2.18. The summed E-state index contributed by atoms with van der Waals surface area (Å²) in [6.07, 6.45) is -4.84. The van der Waals surface area contributed by atoms with Gasteiger partial charge in [-0.05, 0) is 40.0 Å². The van der Waals surface area contributed by atoms with E-state index in [9.17, 15) is 13.2 Å². The van der Waals surface area contributed by atoms with Crippen LogP contribution in [0.1, 0.15) is 24.4 Å². The number of rotatable bonds is 4. The van der Waals surface area contributed by atoms with Gasteiger partial charge in [0.15, 0.2) is 0 Å². The van der Waals surface area contributed by atoms with Crippen molar-refractivity contribution in [2.24, 2.45) is 0 Å². The normalized spacial score (nSPS) is 18.7. The summed E-state index contributed by atoms with van der Waals surface area (Å²) in [7, 11) is 0. The van der Waals surface area contributed by atoms with E-state index in [4.69, 9.17) is 11.6 Å². The molecule has 1 aliphatic heterocycles. The van der Waals surface area contributed by atoms with Gasteiger partial charge in [-0.2, -0.15) is 13.2 Å². The third-order valence-corrected chi connectivity index (χ3v) is 4.84. The van der Waals surface area contributed by atoms with E-state index in [2.05, 4.69) is 26.1 Å². The quantitative estimate of drug-likeness (QED) is 0.827. The van der Waals surface area contributed by atoms with Crippen molar-refractivity contribution in [3.05, 3.63) is 33.3 Å². The summed E-state index contributed by atoms with van der Waals surface area (Å²) in [4.78, 5) is 2.11. The third kappa shape index (κ3) is 5.13. The number of piperazine rings is 1. The number of alkyl halides is 3. The van der Waals surface area contributed by atoms with Gasteiger partial charge in [0.2, 0.25) is 0 Å². The first-order valence-corrected chi connectivity index (χ1v) is 8.00. The summed E-state index contributed by atoms with van der Waals surface area (Å²) in [6.45, 7) is 3.11. The van der Waals surface area contributed by atoms with Gasteiger partial charge in [-0.15, -0.1) is 0 Å². The first kappa shape index (κ1) is 17.1. The van der Waals surface area contributed by atoms with E-state index in [0.29, 0.717) is 9.50 Å². The molecule has 2 rings (SSSR count). The van der Waals surface area contributed by atoms with Crippen LogP contribution in [0.4, 0.5) is 13.2 Å². The van der Waals surface area contributed by atoms with Gasteiger partial charge in [0.05, 0.1) is 5.02 Å². The molecule has 0 unspecified atom stereocenters. The van der Waals surface area contributed by atoms with E-state index in [-0.39, 0.29) is 12.5 Å². The molecular formula is C14H17BrClF3N2. The Morgan fingerprint density at radius 1 is 1.29 bits per heavy atom. The van der Waals surface area contributed by atoms with Crippen LogP contribution in [0.15, 0.2) is 22.7 Å². The Morgan fingerprint density at radius 3 is 2.52 bits per heavy atom. The van der Waals surface area contributed by atoms with Crippen LogP contribution in [0.5, 0.6) is 0 Å². The molecule has 1 saturated heterocycles. The molecule has 1 atom stereocenters. The Labute approximate surface area is 135 Å². The average molecular weight is 386 g/mol. The van der Waals surface area contributed by atoms with Gasteiger partial charge in [-0.1, -0.05) is 17.7 Å². The van der Waals surface area contributed by atoms with Gasteiger partial charge in [0, 0.05) is 43.1 Å². The van der Waals surface area contributed by atoms with Crippen LogP contribution in [0.25, 0.3) is 0 Å². The molecule has 1 aromatic rings. The Bertz CT molecular complexity index is 476. The number of nitrogens with one attached hydrogen (secondary N) is 1. The van der Waals surface area contributed by atoms with Gasteiger partial charge in [-0.3, -0.25) is 4.90 Å². The second-order valence-corrected chi connectivity index (χ2v) is 6.39. The van der Waals surface area contributed by atoms with Gasteiger partial charge in [0.25, 0.3) is 0 Å². The molecular weight excluding hydrogens is 369 g/mol. The van der Waals surface area contributed by atoms with Gasteiger partial charge >= 0.3 is 6.18 Å². The van der Waals surface area contributed by atoms with Crippen LogP contribution in [0, 0.1) is 0 Å². The summed E-state index contributed by atoms with van der Waals surface area (Å²) in [6, 6.07) is 5.13. The molecule has 2 nitrogen and oxygen atoms in total. The number of hydrogen-bond acceptors (Lipinski definition) is 2. The van der Waals surface area contributed by atoms with Crippen LogP contribution in [0.3, 0.4) is 0 Å². The summed E-state index contributed by atoms with van der Waals surface area (Å²) in [5, 5.41) is 3.78. The molecule has 118 valence electrons. The topological polar surface area (TPSA) is 15.3 Å². The van der Waals surface area contributed by atoms with Crippen LogP contribution in [-0.4, -0.2) is 37.3 Å². The van der Waals surface area contributed by atoms with E-state index >= 15 is 0 Å². The Morgan fingerprint density at radius 2 is 1.95 bits per heavy atom. The predicted molar refractivity (Wildman–Crippen MR) is 81.6 cm³/mol. The third-order valence-electron chi connectivity index (χ3n) is 3.62. The number of benzene rings is 1. The first-order chi connectivity index (χ1) is 9.87. The Kier molecular flexibility index (Phi) is 5.94. The fourth-order valence-corrected chi connectivity index (χ4v) is 3.09. The van der Waals surface area contributed by atoms with E-state index in [1.807, 2.05) is 12.1 Å². The molecule has 1 fully saturated rings. The van der Waals surface area contributed by atoms with E-state index in [1.54, 1.807) is 6.07 Å². The highest BCUT2D eigenvalue weighted by molar-refractivity contribution is 9.10. The zero-order valence-electron chi connectivity index (χ0n) is 11.4. The number of nitrogens with zero attached hydrogens (tertiary/aromatic N) is 1. The van der Waals surface area contributed by atoms with Crippen molar-refractivity contribution in [1.29, 1.82) is 0 Å². The zero-order valence-corrected chi connectivity index (χ0v) is 13.7. The molecule has 1 aliphatic rings. The highest BCUT2D eigenvalue weighted by Crippen LogP contribution is 2.34. The van der Waals surface area contributed by atoms with Crippen molar-refractivity contribution < 1.29 is 13.2 Å². The Hall–Kier alpha value is -0.300. The fourth-order valence-electron chi connectivity index (χ4n) is 2.57. The maximum atomic E-state index is 12.6. The fraction of sp³-hybridized carbons (Fsp3) is 0.571. The molecule has 1 aromatic carbocycles. The van der Waals surface area contributed by atoms with Crippen LogP contribution in [-0.2, 0) is 0 Å². The van der Waals surface area contributed by atoms with Gasteiger partial charge in [0.1, 0.15) is 0 Å². The van der Waals surface area contributed by atoms with Crippen molar-refractivity contribution in [3.8, 4) is 0 Å². The number of hydrogen-bond donors (Lipinski definition) is 1. The molecule has 0 aromatic heterocycles. The second kappa shape index (κ2) is 7.31. The lowest BCUT2D eigenvalue weighted by Gasteiger charge is -2.35. The predicted octanol–water partition coefficient (Wildman–Crippen LogP) is 4.39. The summed E-state index contributed by atoms with van der Waals surface area (Å²) in [5.41, 5.74) is 0.873. The molecule has 0 spiro atoms. The molecule has 0 aliphatic carbocycles. The average Bonchev–Trinajstić information content (AvgIpc) is 2.43. The second-order valence-electron chi connectivity index (χ2n) is 5.13. The van der Waals surface area contributed by atoms with Crippen molar-refractivity contribution in [1.82, 2.24) is 10.2 Å².